The molecular weight excluding hydrogens is 225 g/mol. The van der Waals surface area contributed by atoms with Crippen molar-refractivity contribution in [1.82, 2.24) is 19.9 Å². The average molecular weight is 237 g/mol. The van der Waals surface area contributed by atoms with Gasteiger partial charge in [0, 0.05) is 20.0 Å². The van der Waals surface area contributed by atoms with Gasteiger partial charge < -0.3 is 10.6 Å². The minimum atomic E-state index is -0.368. The normalized spacial score (nSPS) is 10.5. The third kappa shape index (κ3) is 2.90. The number of halogens is 1. The highest BCUT2D eigenvalue weighted by Gasteiger charge is 2.03. The maximum atomic E-state index is 12.9. The van der Waals surface area contributed by atoms with E-state index < -0.39 is 0 Å². The molecule has 2 aromatic heterocycles. The zero-order valence-corrected chi connectivity index (χ0v) is 9.27. The molecule has 0 aliphatic rings. The van der Waals surface area contributed by atoms with Crippen LogP contribution in [0.3, 0.4) is 0 Å². The van der Waals surface area contributed by atoms with Gasteiger partial charge in [-0.25, -0.2) is 8.91 Å². The maximum Gasteiger partial charge on any atom is 0.243 e. The average Bonchev–Trinajstić information content (AvgIpc) is 2.66. The Labute approximate surface area is 96.8 Å². The molecule has 0 aromatic carbocycles. The minimum Gasteiger partial charge on any atom is -0.355 e. The van der Waals surface area contributed by atoms with E-state index in [0.29, 0.717) is 24.7 Å². The van der Waals surface area contributed by atoms with Crippen molar-refractivity contribution >= 4 is 17.5 Å². The molecule has 6 nitrogen and oxygen atoms in total. The number of nitrogens with one attached hydrogen (secondary N) is 2. The first kappa shape index (κ1) is 11.3. The summed E-state index contributed by atoms with van der Waals surface area (Å²) in [5.41, 5.74) is 0.563. The van der Waals surface area contributed by atoms with Gasteiger partial charge in [-0.05, 0) is 12.1 Å². The van der Waals surface area contributed by atoms with E-state index >= 15 is 0 Å². The van der Waals surface area contributed by atoms with Gasteiger partial charge in [-0.15, -0.1) is 5.10 Å². The monoisotopic (exact) mass is 237 g/mol. The molecule has 1 amide bonds. The lowest BCUT2D eigenvalue weighted by molar-refractivity contribution is -0.118. The fourth-order valence-corrected chi connectivity index (χ4v) is 1.35. The van der Waals surface area contributed by atoms with E-state index in [1.54, 1.807) is 6.07 Å². The van der Waals surface area contributed by atoms with Crippen LogP contribution < -0.4 is 10.6 Å². The van der Waals surface area contributed by atoms with Gasteiger partial charge in [0.15, 0.2) is 5.65 Å². The summed E-state index contributed by atoms with van der Waals surface area (Å²) in [6.07, 6.45) is 1.25. The first-order valence-corrected chi connectivity index (χ1v) is 5.15. The zero-order chi connectivity index (χ0) is 12.3. The molecule has 2 N–H and O–H groups in total. The Bertz CT molecular complexity index is 538. The number of aromatic nitrogens is 3. The van der Waals surface area contributed by atoms with Gasteiger partial charge in [0.2, 0.25) is 11.9 Å². The van der Waals surface area contributed by atoms with Crippen LogP contribution in [0.1, 0.15) is 6.92 Å². The molecule has 0 spiro atoms. The fraction of sp³-hybridized carbons (Fsp3) is 0.300. The Morgan fingerprint density at radius 2 is 2.29 bits per heavy atom. The number of anilines is 1. The molecule has 17 heavy (non-hydrogen) atoms. The van der Waals surface area contributed by atoms with E-state index in [1.165, 1.54) is 23.7 Å². The van der Waals surface area contributed by atoms with Crippen LogP contribution in [0.5, 0.6) is 0 Å². The Kier molecular flexibility index (Phi) is 3.17. The molecule has 0 fully saturated rings. The van der Waals surface area contributed by atoms with Gasteiger partial charge in [-0.3, -0.25) is 4.79 Å². The molecule has 0 radical (unpaired) electrons. The van der Waals surface area contributed by atoms with Gasteiger partial charge >= 0.3 is 0 Å². The van der Waals surface area contributed by atoms with E-state index in [1.807, 2.05) is 0 Å². The van der Waals surface area contributed by atoms with E-state index in [-0.39, 0.29) is 11.7 Å². The molecule has 0 aliphatic heterocycles. The SMILES string of the molecule is CC(=O)NCCNc1nc2ccc(F)cn2n1. The van der Waals surface area contributed by atoms with Crippen LogP contribution in [0.4, 0.5) is 10.3 Å². The molecular formula is C10H12FN5O. The summed E-state index contributed by atoms with van der Waals surface area (Å²) in [6.45, 7) is 2.45. The molecule has 2 heterocycles. The van der Waals surface area contributed by atoms with Gasteiger partial charge in [0.05, 0.1) is 6.20 Å². The van der Waals surface area contributed by atoms with Crippen molar-refractivity contribution in [3.63, 3.8) is 0 Å². The standard InChI is InChI=1S/C10H12FN5O/c1-7(17)12-4-5-13-10-14-9-3-2-8(11)6-16(9)15-10/h2-3,6H,4-5H2,1H3,(H,12,17)(H,13,15). The third-order valence-corrected chi connectivity index (χ3v) is 2.08. The van der Waals surface area contributed by atoms with Crippen LogP contribution in [0.2, 0.25) is 0 Å². The number of hydrogen-bond donors (Lipinski definition) is 2. The van der Waals surface area contributed by atoms with Crippen molar-refractivity contribution in [3.05, 3.63) is 24.1 Å². The van der Waals surface area contributed by atoms with Crippen molar-refractivity contribution in [2.75, 3.05) is 18.4 Å². The summed E-state index contributed by atoms with van der Waals surface area (Å²) in [4.78, 5) is 14.7. The van der Waals surface area contributed by atoms with Crippen molar-refractivity contribution in [1.29, 1.82) is 0 Å². The summed E-state index contributed by atoms with van der Waals surface area (Å²) >= 11 is 0. The fourth-order valence-electron chi connectivity index (χ4n) is 1.35. The highest BCUT2D eigenvalue weighted by atomic mass is 19.1. The van der Waals surface area contributed by atoms with Gasteiger partial charge in [0.25, 0.3) is 0 Å². The first-order valence-electron chi connectivity index (χ1n) is 5.15. The molecule has 0 saturated heterocycles. The van der Waals surface area contributed by atoms with Crippen LogP contribution in [0, 0.1) is 5.82 Å². The highest BCUT2D eigenvalue weighted by molar-refractivity contribution is 5.72. The maximum absolute atomic E-state index is 12.9. The quantitative estimate of drug-likeness (QED) is 0.756. The smallest absolute Gasteiger partial charge is 0.243 e. The Hall–Kier alpha value is -2.18. The number of carbonyl (C=O) groups is 1. The molecule has 0 saturated carbocycles. The summed E-state index contributed by atoms with van der Waals surface area (Å²) in [7, 11) is 0. The number of pyridine rings is 1. The third-order valence-electron chi connectivity index (χ3n) is 2.08. The van der Waals surface area contributed by atoms with Gasteiger partial charge in [0.1, 0.15) is 5.82 Å². The number of carbonyl (C=O) groups excluding carboxylic acids is 1. The number of fused-ring (bicyclic) bond motifs is 1. The second-order valence-electron chi connectivity index (χ2n) is 3.50. The van der Waals surface area contributed by atoms with Crippen molar-refractivity contribution < 1.29 is 9.18 Å². The van der Waals surface area contributed by atoms with E-state index in [4.69, 9.17) is 0 Å². The molecule has 0 unspecified atom stereocenters. The number of nitrogens with zero attached hydrogens (tertiary/aromatic N) is 3. The molecule has 90 valence electrons. The topological polar surface area (TPSA) is 71.3 Å². The van der Waals surface area contributed by atoms with Gasteiger partial charge in [-0.1, -0.05) is 0 Å². The minimum absolute atomic E-state index is 0.0863. The van der Waals surface area contributed by atoms with E-state index in [2.05, 4.69) is 20.7 Å². The number of hydrogen-bond acceptors (Lipinski definition) is 4. The van der Waals surface area contributed by atoms with E-state index in [0.717, 1.165) is 0 Å². The second kappa shape index (κ2) is 4.77. The molecule has 0 atom stereocenters. The molecule has 0 aliphatic carbocycles. The molecule has 2 aromatic rings. The summed E-state index contributed by atoms with van der Waals surface area (Å²) in [6, 6.07) is 2.87. The predicted molar refractivity (Wildman–Crippen MR) is 60.1 cm³/mol. The Balaban J connectivity index is 1.97. The lowest BCUT2D eigenvalue weighted by Gasteiger charge is -2.01. The Morgan fingerprint density at radius 3 is 3.06 bits per heavy atom. The van der Waals surface area contributed by atoms with Crippen LogP contribution in [-0.2, 0) is 4.79 Å². The second-order valence-corrected chi connectivity index (χ2v) is 3.50. The van der Waals surface area contributed by atoms with Gasteiger partial charge in [-0.2, -0.15) is 4.98 Å². The largest absolute Gasteiger partial charge is 0.355 e. The molecule has 0 bridgehead atoms. The lowest BCUT2D eigenvalue weighted by Crippen LogP contribution is -2.26. The van der Waals surface area contributed by atoms with E-state index in [9.17, 15) is 9.18 Å². The van der Waals surface area contributed by atoms with Crippen LogP contribution in [-0.4, -0.2) is 33.6 Å². The number of rotatable bonds is 4. The first-order chi connectivity index (χ1) is 8.15. The summed E-state index contributed by atoms with van der Waals surface area (Å²) < 4.78 is 14.2. The predicted octanol–water partition coefficient (Wildman–Crippen LogP) is 0.416. The molecule has 7 heteroatoms. The van der Waals surface area contributed by atoms with Crippen LogP contribution >= 0.6 is 0 Å². The van der Waals surface area contributed by atoms with Crippen molar-refractivity contribution in [2.24, 2.45) is 0 Å². The molecule has 2 rings (SSSR count). The summed E-state index contributed by atoms with van der Waals surface area (Å²) in [5, 5.41) is 9.60. The van der Waals surface area contributed by atoms with Crippen LogP contribution in [0.25, 0.3) is 5.65 Å². The lowest BCUT2D eigenvalue weighted by atomic mass is 10.5. The summed E-state index contributed by atoms with van der Waals surface area (Å²) in [5.74, 6) is -0.0509. The van der Waals surface area contributed by atoms with Crippen LogP contribution in [0.15, 0.2) is 18.3 Å². The van der Waals surface area contributed by atoms with Crippen molar-refractivity contribution in [2.45, 2.75) is 6.92 Å². The zero-order valence-electron chi connectivity index (χ0n) is 9.27. The Morgan fingerprint density at radius 1 is 1.47 bits per heavy atom. The number of amides is 1. The van der Waals surface area contributed by atoms with Crippen molar-refractivity contribution in [3.8, 4) is 0 Å². The highest BCUT2D eigenvalue weighted by Crippen LogP contribution is 2.06.